The summed E-state index contributed by atoms with van der Waals surface area (Å²) in [5.41, 5.74) is 2.03. The first-order valence-corrected chi connectivity index (χ1v) is 12.2. The van der Waals surface area contributed by atoms with Gasteiger partial charge < -0.3 is 14.2 Å². The van der Waals surface area contributed by atoms with Crippen molar-refractivity contribution in [2.75, 3.05) is 24.5 Å². The first kappa shape index (κ1) is 23.3. The Labute approximate surface area is 197 Å². The third-order valence-electron chi connectivity index (χ3n) is 5.22. The molecule has 4 rings (SSSR count). The van der Waals surface area contributed by atoms with Crippen LogP contribution in [0.1, 0.15) is 33.2 Å². The first-order valence-electron chi connectivity index (χ1n) is 10.7. The highest BCUT2D eigenvalue weighted by atomic mass is 32.2. The molecule has 0 unspecified atom stereocenters. The van der Waals surface area contributed by atoms with Gasteiger partial charge in [-0.05, 0) is 48.4 Å². The molecule has 1 aliphatic rings. The maximum atomic E-state index is 12.7. The number of hydrogen-bond acceptors (Lipinski definition) is 7. The Morgan fingerprint density at radius 3 is 2.21 bits per heavy atom. The zero-order valence-electron chi connectivity index (χ0n) is 18.4. The molecule has 0 radical (unpaired) electrons. The number of hydrogen-bond donors (Lipinski definition) is 1. The molecule has 1 N–H and O–H groups in total. The predicted octanol–water partition coefficient (Wildman–Crippen LogP) is 3.86. The zero-order chi connectivity index (χ0) is 24.1. The summed E-state index contributed by atoms with van der Waals surface area (Å²) >= 11 is 0. The summed E-state index contributed by atoms with van der Waals surface area (Å²) in [5, 5.41) is 0. The quantitative estimate of drug-likeness (QED) is 0.384. The molecule has 0 spiro atoms. The van der Waals surface area contributed by atoms with Gasteiger partial charge in [-0.2, -0.15) is 0 Å². The van der Waals surface area contributed by atoms with E-state index in [4.69, 9.17) is 14.2 Å². The topological polar surface area (TPSA) is 108 Å². The van der Waals surface area contributed by atoms with E-state index in [0.717, 1.165) is 12.0 Å². The number of benzene rings is 3. The third kappa shape index (κ3) is 5.37. The van der Waals surface area contributed by atoms with Crippen LogP contribution in [0.4, 0.5) is 5.69 Å². The van der Waals surface area contributed by atoms with Crippen LogP contribution in [0.15, 0.2) is 71.6 Å². The molecule has 0 aliphatic carbocycles. The highest BCUT2D eigenvalue weighted by molar-refractivity contribution is 7.92. The number of ketones is 1. The van der Waals surface area contributed by atoms with Crippen LogP contribution >= 0.6 is 0 Å². The Morgan fingerprint density at radius 1 is 0.882 bits per heavy atom. The molecule has 3 aromatic rings. The third-order valence-corrected chi connectivity index (χ3v) is 6.59. The summed E-state index contributed by atoms with van der Waals surface area (Å²) < 4.78 is 43.9. The van der Waals surface area contributed by atoms with Crippen molar-refractivity contribution in [1.82, 2.24) is 0 Å². The highest BCUT2D eigenvalue weighted by Gasteiger charge is 2.20. The summed E-state index contributed by atoms with van der Waals surface area (Å²) in [6, 6.07) is 17.2. The second kappa shape index (κ2) is 9.96. The Hall–Kier alpha value is -3.85. The minimum atomic E-state index is -3.88. The first-order chi connectivity index (χ1) is 16.4. The lowest BCUT2D eigenvalue weighted by Crippen LogP contribution is -2.17. The standard InChI is InChI=1S/C25H23NO7S/c1-2-17-3-5-18(6-4-17)22(27)16-33-25(28)19-7-9-20(10-8-19)26-34(29,30)21-11-12-23-24(15-21)32-14-13-31-23/h3-12,15,26H,2,13-14,16H2,1H3. The molecule has 34 heavy (non-hydrogen) atoms. The van der Waals surface area contributed by atoms with E-state index < -0.39 is 16.0 Å². The number of fused-ring (bicyclic) bond motifs is 1. The van der Waals surface area contributed by atoms with Crippen LogP contribution in [0, 0.1) is 0 Å². The summed E-state index contributed by atoms with van der Waals surface area (Å²) in [7, 11) is -3.88. The monoisotopic (exact) mass is 481 g/mol. The van der Waals surface area contributed by atoms with E-state index >= 15 is 0 Å². The predicted molar refractivity (Wildman–Crippen MR) is 125 cm³/mol. The van der Waals surface area contributed by atoms with Gasteiger partial charge in [0.05, 0.1) is 10.5 Å². The van der Waals surface area contributed by atoms with E-state index in [9.17, 15) is 18.0 Å². The fourth-order valence-corrected chi connectivity index (χ4v) is 4.38. The second-order valence-electron chi connectivity index (χ2n) is 7.54. The van der Waals surface area contributed by atoms with Crippen LogP contribution in [0.25, 0.3) is 0 Å². The molecular formula is C25H23NO7S. The fourth-order valence-electron chi connectivity index (χ4n) is 3.30. The molecule has 0 aromatic heterocycles. The Bertz CT molecular complexity index is 1300. The molecule has 0 bridgehead atoms. The van der Waals surface area contributed by atoms with E-state index in [1.165, 1.54) is 36.4 Å². The minimum Gasteiger partial charge on any atom is -0.486 e. The van der Waals surface area contributed by atoms with Crippen molar-refractivity contribution in [2.24, 2.45) is 0 Å². The Kier molecular flexibility index (Phi) is 6.83. The van der Waals surface area contributed by atoms with Gasteiger partial charge in [0, 0.05) is 17.3 Å². The molecule has 0 amide bonds. The number of rotatable bonds is 8. The smallest absolute Gasteiger partial charge is 0.338 e. The van der Waals surface area contributed by atoms with Gasteiger partial charge >= 0.3 is 5.97 Å². The van der Waals surface area contributed by atoms with Crippen LogP contribution in [0.2, 0.25) is 0 Å². The summed E-state index contributed by atoms with van der Waals surface area (Å²) in [6.07, 6.45) is 0.867. The lowest BCUT2D eigenvalue weighted by atomic mass is 10.1. The van der Waals surface area contributed by atoms with Crippen LogP contribution in [0.5, 0.6) is 11.5 Å². The van der Waals surface area contributed by atoms with Gasteiger partial charge in [0.2, 0.25) is 0 Å². The maximum Gasteiger partial charge on any atom is 0.338 e. The minimum absolute atomic E-state index is 0.0192. The summed E-state index contributed by atoms with van der Waals surface area (Å²) in [5.74, 6) is -0.132. The van der Waals surface area contributed by atoms with Gasteiger partial charge in [-0.25, -0.2) is 13.2 Å². The van der Waals surface area contributed by atoms with Crippen molar-refractivity contribution in [3.63, 3.8) is 0 Å². The van der Waals surface area contributed by atoms with Gasteiger partial charge in [0.25, 0.3) is 10.0 Å². The number of sulfonamides is 1. The fraction of sp³-hybridized carbons (Fsp3) is 0.200. The van der Waals surface area contributed by atoms with Gasteiger partial charge in [0.1, 0.15) is 13.2 Å². The van der Waals surface area contributed by atoms with Crippen LogP contribution in [-0.2, 0) is 21.2 Å². The lowest BCUT2D eigenvalue weighted by Gasteiger charge is -2.19. The van der Waals surface area contributed by atoms with E-state index in [1.54, 1.807) is 18.2 Å². The number of Topliss-reactive ketones (excluding diaryl/α,β-unsaturated/α-hetero) is 1. The lowest BCUT2D eigenvalue weighted by molar-refractivity contribution is 0.0475. The molecule has 0 atom stereocenters. The number of anilines is 1. The highest BCUT2D eigenvalue weighted by Crippen LogP contribution is 2.32. The SMILES string of the molecule is CCc1ccc(C(=O)COC(=O)c2ccc(NS(=O)(=O)c3ccc4c(c3)OCCO4)cc2)cc1. The van der Waals surface area contributed by atoms with E-state index in [0.29, 0.717) is 30.3 Å². The zero-order valence-corrected chi connectivity index (χ0v) is 19.3. The van der Waals surface area contributed by atoms with Gasteiger partial charge in [-0.3, -0.25) is 9.52 Å². The molecule has 9 heteroatoms. The molecule has 8 nitrogen and oxygen atoms in total. The molecule has 176 valence electrons. The van der Waals surface area contributed by atoms with Gasteiger partial charge in [-0.1, -0.05) is 31.2 Å². The number of nitrogens with one attached hydrogen (secondary N) is 1. The number of carbonyl (C=O) groups is 2. The second-order valence-corrected chi connectivity index (χ2v) is 9.22. The molecule has 3 aromatic carbocycles. The van der Waals surface area contributed by atoms with Crippen molar-refractivity contribution < 1.29 is 32.2 Å². The van der Waals surface area contributed by atoms with E-state index in [-0.39, 0.29) is 28.5 Å². The molecule has 0 saturated heterocycles. The van der Waals surface area contributed by atoms with E-state index in [2.05, 4.69) is 4.72 Å². The van der Waals surface area contributed by atoms with Gasteiger partial charge in [0.15, 0.2) is 23.9 Å². The number of esters is 1. The number of carbonyl (C=O) groups excluding carboxylic acids is 2. The van der Waals surface area contributed by atoms with Crippen molar-refractivity contribution in [1.29, 1.82) is 0 Å². The molecular weight excluding hydrogens is 458 g/mol. The number of ether oxygens (including phenoxy) is 3. The number of aryl methyl sites for hydroxylation is 1. The summed E-state index contributed by atoms with van der Waals surface area (Å²) in [6.45, 7) is 2.39. The maximum absolute atomic E-state index is 12.7. The van der Waals surface area contributed by atoms with E-state index in [1.807, 2.05) is 19.1 Å². The summed E-state index contributed by atoms with van der Waals surface area (Å²) in [4.78, 5) is 24.6. The van der Waals surface area contributed by atoms with Gasteiger partial charge in [-0.15, -0.1) is 0 Å². The largest absolute Gasteiger partial charge is 0.486 e. The Balaban J connectivity index is 1.36. The molecule has 0 fully saturated rings. The average molecular weight is 482 g/mol. The van der Waals surface area contributed by atoms with Crippen molar-refractivity contribution in [3.8, 4) is 11.5 Å². The Morgan fingerprint density at radius 2 is 1.53 bits per heavy atom. The molecule has 0 saturated carbocycles. The average Bonchev–Trinajstić information content (AvgIpc) is 2.87. The van der Waals surface area contributed by atoms with Crippen LogP contribution in [-0.4, -0.2) is 40.0 Å². The normalized spacial score (nSPS) is 12.6. The van der Waals surface area contributed by atoms with Crippen molar-refractivity contribution >= 4 is 27.5 Å². The molecule has 1 heterocycles. The molecule has 1 aliphatic heterocycles. The van der Waals surface area contributed by atoms with Crippen molar-refractivity contribution in [3.05, 3.63) is 83.4 Å². The van der Waals surface area contributed by atoms with Crippen LogP contribution in [0.3, 0.4) is 0 Å². The van der Waals surface area contributed by atoms with Crippen molar-refractivity contribution in [2.45, 2.75) is 18.2 Å². The van der Waals surface area contributed by atoms with Crippen LogP contribution < -0.4 is 14.2 Å².